The van der Waals surface area contributed by atoms with Crippen LogP contribution in [-0.2, 0) is 6.42 Å². The average molecular weight is 279 g/mol. The van der Waals surface area contributed by atoms with Gasteiger partial charge in [0.15, 0.2) is 0 Å². The molecule has 0 aliphatic carbocycles. The number of halogens is 3. The van der Waals surface area contributed by atoms with E-state index in [1.54, 1.807) is 12.1 Å². The Labute approximate surface area is 116 Å². The van der Waals surface area contributed by atoms with E-state index in [4.69, 9.17) is 5.73 Å². The first kappa shape index (κ1) is 14.6. The second kappa shape index (κ2) is 6.09. The summed E-state index contributed by atoms with van der Waals surface area (Å²) in [5.74, 6) is 0. The zero-order valence-corrected chi connectivity index (χ0v) is 10.9. The molecular weight excluding hydrogens is 263 g/mol. The van der Waals surface area contributed by atoms with Crippen molar-refractivity contribution in [2.75, 3.05) is 0 Å². The van der Waals surface area contributed by atoms with Gasteiger partial charge >= 0.3 is 6.18 Å². The monoisotopic (exact) mass is 279 g/mol. The third-order valence-electron chi connectivity index (χ3n) is 3.11. The molecular formula is C16H16F3N. The zero-order valence-electron chi connectivity index (χ0n) is 10.9. The second-order valence-corrected chi connectivity index (χ2v) is 4.83. The van der Waals surface area contributed by atoms with Gasteiger partial charge in [0.1, 0.15) is 0 Å². The van der Waals surface area contributed by atoms with Gasteiger partial charge in [-0.1, -0.05) is 54.6 Å². The number of hydrogen-bond acceptors (Lipinski definition) is 1. The summed E-state index contributed by atoms with van der Waals surface area (Å²) < 4.78 is 36.8. The summed E-state index contributed by atoms with van der Waals surface area (Å²) in [6.45, 7) is 0. The molecule has 2 N–H and O–H groups in total. The highest BCUT2D eigenvalue weighted by Gasteiger charge is 2.30. The lowest BCUT2D eigenvalue weighted by Crippen LogP contribution is -2.20. The molecule has 0 aliphatic rings. The van der Waals surface area contributed by atoms with Crippen molar-refractivity contribution in [2.45, 2.75) is 25.1 Å². The van der Waals surface area contributed by atoms with Crippen LogP contribution < -0.4 is 5.73 Å². The molecule has 0 spiro atoms. The molecule has 1 atom stereocenters. The van der Waals surface area contributed by atoms with Gasteiger partial charge in [-0.3, -0.25) is 0 Å². The van der Waals surface area contributed by atoms with Gasteiger partial charge in [-0.25, -0.2) is 0 Å². The summed E-state index contributed by atoms with van der Waals surface area (Å²) in [6, 6.07) is 15.9. The van der Waals surface area contributed by atoms with Gasteiger partial charge in [-0.05, 0) is 23.1 Å². The van der Waals surface area contributed by atoms with Crippen LogP contribution in [0.4, 0.5) is 13.2 Å². The van der Waals surface area contributed by atoms with E-state index < -0.39 is 18.6 Å². The van der Waals surface area contributed by atoms with Crippen molar-refractivity contribution < 1.29 is 13.2 Å². The smallest absolute Gasteiger partial charge is 0.324 e. The van der Waals surface area contributed by atoms with E-state index in [1.165, 1.54) is 5.56 Å². The molecule has 0 amide bonds. The third-order valence-corrected chi connectivity index (χ3v) is 3.11. The fourth-order valence-corrected chi connectivity index (χ4v) is 2.08. The van der Waals surface area contributed by atoms with Gasteiger partial charge in [0.25, 0.3) is 0 Å². The Kier molecular flexibility index (Phi) is 4.45. The molecule has 2 aromatic rings. The number of alkyl halides is 3. The fourth-order valence-electron chi connectivity index (χ4n) is 2.08. The highest BCUT2D eigenvalue weighted by Crippen LogP contribution is 2.28. The maximum Gasteiger partial charge on any atom is 0.390 e. The highest BCUT2D eigenvalue weighted by molar-refractivity contribution is 5.29. The van der Waals surface area contributed by atoms with Crippen LogP contribution in [0.25, 0.3) is 0 Å². The van der Waals surface area contributed by atoms with Crippen molar-refractivity contribution in [2.24, 2.45) is 5.73 Å². The Bertz CT molecular complexity index is 532. The van der Waals surface area contributed by atoms with Crippen molar-refractivity contribution in [1.82, 2.24) is 0 Å². The first-order chi connectivity index (χ1) is 9.44. The highest BCUT2D eigenvalue weighted by atomic mass is 19.4. The normalized spacial score (nSPS) is 13.2. The number of nitrogens with two attached hydrogens (primary N) is 1. The van der Waals surface area contributed by atoms with Gasteiger partial charge < -0.3 is 5.73 Å². The Morgan fingerprint density at radius 3 is 1.95 bits per heavy atom. The van der Waals surface area contributed by atoms with Crippen LogP contribution in [0.3, 0.4) is 0 Å². The topological polar surface area (TPSA) is 26.0 Å². The maximum absolute atomic E-state index is 12.3. The van der Waals surface area contributed by atoms with Gasteiger partial charge in [0, 0.05) is 6.04 Å². The van der Waals surface area contributed by atoms with Crippen molar-refractivity contribution in [1.29, 1.82) is 0 Å². The Morgan fingerprint density at radius 1 is 0.850 bits per heavy atom. The lowest BCUT2D eigenvalue weighted by atomic mass is 9.99. The molecule has 0 bridgehead atoms. The standard InChI is InChI=1S/C16H16F3N/c17-16(18,19)11-15(20)14-8-6-13(7-9-14)10-12-4-2-1-3-5-12/h1-9,15H,10-11,20H2. The summed E-state index contributed by atoms with van der Waals surface area (Å²) in [4.78, 5) is 0. The zero-order chi connectivity index (χ0) is 14.6. The molecule has 20 heavy (non-hydrogen) atoms. The maximum atomic E-state index is 12.3. The van der Waals surface area contributed by atoms with Crippen molar-refractivity contribution >= 4 is 0 Å². The Hall–Kier alpha value is -1.81. The molecule has 106 valence electrons. The predicted molar refractivity (Wildman–Crippen MR) is 73.3 cm³/mol. The van der Waals surface area contributed by atoms with E-state index >= 15 is 0 Å². The Morgan fingerprint density at radius 2 is 1.40 bits per heavy atom. The molecule has 2 aromatic carbocycles. The lowest BCUT2D eigenvalue weighted by Gasteiger charge is -2.14. The van der Waals surface area contributed by atoms with Crippen LogP contribution in [0.1, 0.15) is 29.2 Å². The summed E-state index contributed by atoms with van der Waals surface area (Å²) in [6.07, 6.45) is -4.47. The molecule has 1 unspecified atom stereocenters. The molecule has 0 fully saturated rings. The SMILES string of the molecule is NC(CC(F)(F)F)c1ccc(Cc2ccccc2)cc1. The fraction of sp³-hybridized carbons (Fsp3) is 0.250. The lowest BCUT2D eigenvalue weighted by molar-refractivity contribution is -0.138. The molecule has 0 saturated carbocycles. The van der Waals surface area contributed by atoms with Crippen molar-refractivity contribution in [3.63, 3.8) is 0 Å². The summed E-state index contributed by atoms with van der Waals surface area (Å²) in [5, 5.41) is 0. The first-order valence-corrected chi connectivity index (χ1v) is 6.39. The number of benzene rings is 2. The van der Waals surface area contributed by atoms with E-state index in [-0.39, 0.29) is 0 Å². The molecule has 0 aromatic heterocycles. The predicted octanol–water partition coefficient (Wildman–Crippen LogP) is 4.23. The molecule has 0 aliphatic heterocycles. The number of hydrogen-bond donors (Lipinski definition) is 1. The molecule has 1 nitrogen and oxygen atoms in total. The van der Waals surface area contributed by atoms with Gasteiger partial charge in [0.05, 0.1) is 6.42 Å². The van der Waals surface area contributed by atoms with Crippen molar-refractivity contribution in [3.8, 4) is 0 Å². The van der Waals surface area contributed by atoms with Crippen LogP contribution in [-0.4, -0.2) is 6.18 Å². The largest absolute Gasteiger partial charge is 0.390 e. The van der Waals surface area contributed by atoms with Crippen LogP contribution >= 0.6 is 0 Å². The Balaban J connectivity index is 2.03. The summed E-state index contributed by atoms with van der Waals surface area (Å²) in [7, 11) is 0. The molecule has 0 saturated heterocycles. The van der Waals surface area contributed by atoms with Crippen LogP contribution in [0.15, 0.2) is 54.6 Å². The third kappa shape index (κ3) is 4.38. The number of rotatable bonds is 4. The van der Waals surface area contributed by atoms with Gasteiger partial charge in [0.2, 0.25) is 0 Å². The average Bonchev–Trinajstić information content (AvgIpc) is 2.39. The molecule has 4 heteroatoms. The quantitative estimate of drug-likeness (QED) is 0.890. The molecule has 2 rings (SSSR count). The van der Waals surface area contributed by atoms with E-state index in [9.17, 15) is 13.2 Å². The van der Waals surface area contributed by atoms with E-state index in [0.717, 1.165) is 12.0 Å². The molecule has 0 heterocycles. The molecule has 0 radical (unpaired) electrons. The summed E-state index contributed by atoms with van der Waals surface area (Å²) >= 11 is 0. The van der Waals surface area contributed by atoms with Crippen LogP contribution in [0, 0.1) is 0 Å². The van der Waals surface area contributed by atoms with Gasteiger partial charge in [-0.15, -0.1) is 0 Å². The minimum Gasteiger partial charge on any atom is -0.324 e. The van der Waals surface area contributed by atoms with E-state index in [0.29, 0.717) is 5.56 Å². The van der Waals surface area contributed by atoms with Crippen LogP contribution in [0.2, 0.25) is 0 Å². The van der Waals surface area contributed by atoms with Gasteiger partial charge in [-0.2, -0.15) is 13.2 Å². The minimum absolute atomic E-state index is 0.513. The summed E-state index contributed by atoms with van der Waals surface area (Å²) in [5.41, 5.74) is 8.30. The van der Waals surface area contributed by atoms with Crippen molar-refractivity contribution in [3.05, 3.63) is 71.3 Å². The second-order valence-electron chi connectivity index (χ2n) is 4.83. The van der Waals surface area contributed by atoms with E-state index in [2.05, 4.69) is 0 Å². The minimum atomic E-state index is -4.23. The van der Waals surface area contributed by atoms with E-state index in [1.807, 2.05) is 42.5 Å². The van der Waals surface area contributed by atoms with Crippen LogP contribution in [0.5, 0.6) is 0 Å². The first-order valence-electron chi connectivity index (χ1n) is 6.39.